The van der Waals surface area contributed by atoms with Gasteiger partial charge in [-0.2, -0.15) is 0 Å². The summed E-state index contributed by atoms with van der Waals surface area (Å²) in [7, 11) is 0. The molecule has 0 amide bonds. The normalized spacial score (nSPS) is 11.4. The van der Waals surface area contributed by atoms with Crippen molar-refractivity contribution in [1.29, 1.82) is 0 Å². The maximum Gasteiger partial charge on any atom is 0.328 e. The molecule has 19 heavy (non-hydrogen) atoms. The molecule has 1 aromatic rings. The van der Waals surface area contributed by atoms with Crippen molar-refractivity contribution in [3.05, 3.63) is 29.8 Å². The van der Waals surface area contributed by atoms with E-state index < -0.39 is 5.97 Å². The van der Waals surface area contributed by atoms with E-state index in [-0.39, 0.29) is 5.75 Å². The van der Waals surface area contributed by atoms with E-state index in [1.165, 1.54) is 12.1 Å². The van der Waals surface area contributed by atoms with E-state index in [0.717, 1.165) is 24.0 Å². The van der Waals surface area contributed by atoms with Crippen molar-refractivity contribution >= 4 is 11.5 Å². The molecule has 2 N–H and O–H groups in total. The van der Waals surface area contributed by atoms with Gasteiger partial charge in [0.2, 0.25) is 0 Å². The molecule has 0 bridgehead atoms. The van der Waals surface area contributed by atoms with Crippen LogP contribution in [0.4, 0.5) is 0 Å². The SMILES string of the molecule is CCCCC(=CC(=O)O)c1ccc(O)c(OCC)c1. The topological polar surface area (TPSA) is 66.8 Å². The molecule has 0 unspecified atom stereocenters. The molecule has 0 spiro atoms. The first-order valence-electron chi connectivity index (χ1n) is 6.48. The minimum atomic E-state index is -0.961. The molecule has 0 aliphatic carbocycles. The monoisotopic (exact) mass is 264 g/mol. The zero-order chi connectivity index (χ0) is 14.3. The van der Waals surface area contributed by atoms with E-state index in [4.69, 9.17) is 9.84 Å². The molecule has 0 fully saturated rings. The number of carboxylic acid groups (broad SMARTS) is 1. The van der Waals surface area contributed by atoms with Gasteiger partial charge in [0.25, 0.3) is 0 Å². The van der Waals surface area contributed by atoms with E-state index >= 15 is 0 Å². The molecule has 0 heterocycles. The highest BCUT2D eigenvalue weighted by Gasteiger charge is 2.08. The number of carbonyl (C=O) groups is 1. The summed E-state index contributed by atoms with van der Waals surface area (Å²) in [5.41, 5.74) is 1.52. The average Bonchev–Trinajstić information content (AvgIpc) is 2.37. The van der Waals surface area contributed by atoms with Gasteiger partial charge in [0.1, 0.15) is 0 Å². The van der Waals surface area contributed by atoms with Gasteiger partial charge in [0.05, 0.1) is 6.61 Å². The molecule has 4 nitrogen and oxygen atoms in total. The molecular weight excluding hydrogens is 244 g/mol. The minimum Gasteiger partial charge on any atom is -0.504 e. The van der Waals surface area contributed by atoms with Gasteiger partial charge in [-0.25, -0.2) is 4.79 Å². The Kier molecular flexibility index (Phi) is 5.93. The summed E-state index contributed by atoms with van der Waals surface area (Å²) in [6.45, 7) is 4.34. The molecule has 0 atom stereocenters. The van der Waals surface area contributed by atoms with Gasteiger partial charge in [-0.05, 0) is 43.0 Å². The first-order chi connectivity index (χ1) is 9.08. The zero-order valence-electron chi connectivity index (χ0n) is 11.3. The Hall–Kier alpha value is -1.97. The summed E-state index contributed by atoms with van der Waals surface area (Å²) in [6.07, 6.45) is 3.83. The molecule has 104 valence electrons. The summed E-state index contributed by atoms with van der Waals surface area (Å²) in [5, 5.41) is 18.6. The van der Waals surface area contributed by atoms with Crippen LogP contribution in [0.3, 0.4) is 0 Å². The number of ether oxygens (including phenoxy) is 1. The Bertz CT molecular complexity index is 463. The number of hydrogen-bond acceptors (Lipinski definition) is 3. The van der Waals surface area contributed by atoms with Gasteiger partial charge >= 0.3 is 5.97 Å². The lowest BCUT2D eigenvalue weighted by Gasteiger charge is -2.11. The van der Waals surface area contributed by atoms with Crippen molar-refractivity contribution in [3.63, 3.8) is 0 Å². The summed E-state index contributed by atoms with van der Waals surface area (Å²) in [5.74, 6) is -0.513. The smallest absolute Gasteiger partial charge is 0.328 e. The van der Waals surface area contributed by atoms with Crippen LogP contribution in [0.5, 0.6) is 11.5 Å². The van der Waals surface area contributed by atoms with Crippen molar-refractivity contribution in [2.24, 2.45) is 0 Å². The van der Waals surface area contributed by atoms with Gasteiger partial charge in [-0.15, -0.1) is 0 Å². The number of rotatable bonds is 7. The minimum absolute atomic E-state index is 0.0655. The molecular formula is C15H20O4. The Labute approximate surface area is 113 Å². The number of aliphatic carboxylic acids is 1. The summed E-state index contributed by atoms with van der Waals surface area (Å²) < 4.78 is 5.31. The van der Waals surface area contributed by atoms with Crippen LogP contribution >= 0.6 is 0 Å². The number of aromatic hydroxyl groups is 1. The lowest BCUT2D eigenvalue weighted by molar-refractivity contribution is -0.131. The second-order valence-electron chi connectivity index (χ2n) is 4.23. The molecule has 1 aromatic carbocycles. The predicted molar refractivity (Wildman–Crippen MR) is 74.4 cm³/mol. The van der Waals surface area contributed by atoms with E-state index in [2.05, 4.69) is 6.92 Å². The van der Waals surface area contributed by atoms with Gasteiger partial charge < -0.3 is 14.9 Å². The van der Waals surface area contributed by atoms with Gasteiger partial charge in [0.15, 0.2) is 11.5 Å². The average molecular weight is 264 g/mol. The van der Waals surface area contributed by atoms with Crippen molar-refractivity contribution in [3.8, 4) is 11.5 Å². The third kappa shape index (κ3) is 4.66. The first-order valence-corrected chi connectivity index (χ1v) is 6.48. The highest BCUT2D eigenvalue weighted by molar-refractivity contribution is 5.90. The molecule has 4 heteroatoms. The maximum atomic E-state index is 10.9. The van der Waals surface area contributed by atoms with Gasteiger partial charge in [-0.1, -0.05) is 19.4 Å². The molecule has 0 aliphatic rings. The lowest BCUT2D eigenvalue weighted by Crippen LogP contribution is -1.96. The second kappa shape index (κ2) is 7.46. The summed E-state index contributed by atoms with van der Waals surface area (Å²) in [4.78, 5) is 10.9. The van der Waals surface area contributed by atoms with Gasteiger partial charge in [-0.3, -0.25) is 0 Å². The van der Waals surface area contributed by atoms with Crippen molar-refractivity contribution in [1.82, 2.24) is 0 Å². The van der Waals surface area contributed by atoms with Crippen LogP contribution in [0.1, 0.15) is 38.7 Å². The molecule has 0 saturated heterocycles. The Morgan fingerprint density at radius 1 is 1.37 bits per heavy atom. The summed E-state index contributed by atoms with van der Waals surface area (Å²) >= 11 is 0. The number of benzene rings is 1. The van der Waals surface area contributed by atoms with E-state index in [1.54, 1.807) is 12.1 Å². The molecule has 0 aliphatic heterocycles. The zero-order valence-corrected chi connectivity index (χ0v) is 11.3. The highest BCUT2D eigenvalue weighted by Crippen LogP contribution is 2.31. The van der Waals surface area contributed by atoms with Crippen LogP contribution in [0.2, 0.25) is 0 Å². The van der Waals surface area contributed by atoms with Crippen molar-refractivity contribution in [2.45, 2.75) is 33.1 Å². The summed E-state index contributed by atoms with van der Waals surface area (Å²) in [6, 6.07) is 4.92. The maximum absolute atomic E-state index is 10.9. The van der Waals surface area contributed by atoms with E-state index in [9.17, 15) is 9.90 Å². The quantitative estimate of drug-likeness (QED) is 0.740. The fourth-order valence-corrected chi connectivity index (χ4v) is 1.80. The Morgan fingerprint density at radius 2 is 2.11 bits per heavy atom. The van der Waals surface area contributed by atoms with E-state index in [0.29, 0.717) is 18.8 Å². The van der Waals surface area contributed by atoms with Crippen LogP contribution in [-0.2, 0) is 4.79 Å². The highest BCUT2D eigenvalue weighted by atomic mass is 16.5. The number of carboxylic acids is 1. The number of hydrogen-bond donors (Lipinski definition) is 2. The first kappa shape index (κ1) is 15.1. The number of phenolic OH excluding ortho intramolecular Hbond substituents is 1. The van der Waals surface area contributed by atoms with Crippen LogP contribution in [0.25, 0.3) is 5.57 Å². The molecule has 1 rings (SSSR count). The standard InChI is InChI=1S/C15H20O4/c1-3-5-6-11(10-15(17)18)12-7-8-13(16)14(9-12)19-4-2/h7-10,16H,3-6H2,1-2H3,(H,17,18). The molecule has 0 aromatic heterocycles. The van der Waals surface area contributed by atoms with Crippen LogP contribution < -0.4 is 4.74 Å². The molecule has 0 radical (unpaired) electrons. The number of unbranched alkanes of at least 4 members (excludes halogenated alkanes) is 1. The van der Waals surface area contributed by atoms with Crippen LogP contribution in [-0.4, -0.2) is 22.8 Å². The molecule has 0 saturated carbocycles. The Balaban J connectivity index is 3.08. The lowest BCUT2D eigenvalue weighted by atomic mass is 9.99. The predicted octanol–water partition coefficient (Wildman–Crippen LogP) is 3.45. The van der Waals surface area contributed by atoms with Crippen LogP contribution in [0, 0.1) is 0 Å². The van der Waals surface area contributed by atoms with Crippen molar-refractivity contribution < 1.29 is 19.7 Å². The fraction of sp³-hybridized carbons (Fsp3) is 0.400. The van der Waals surface area contributed by atoms with Crippen LogP contribution in [0.15, 0.2) is 24.3 Å². The third-order valence-corrected chi connectivity index (χ3v) is 2.73. The largest absolute Gasteiger partial charge is 0.504 e. The third-order valence-electron chi connectivity index (χ3n) is 2.73. The van der Waals surface area contributed by atoms with Gasteiger partial charge in [0, 0.05) is 6.08 Å². The van der Waals surface area contributed by atoms with E-state index in [1.807, 2.05) is 6.92 Å². The number of phenols is 1. The van der Waals surface area contributed by atoms with Crippen molar-refractivity contribution in [2.75, 3.05) is 6.61 Å². The fourth-order valence-electron chi connectivity index (χ4n) is 1.80. The Morgan fingerprint density at radius 3 is 2.68 bits per heavy atom. The number of allylic oxidation sites excluding steroid dienone is 1. The second-order valence-corrected chi connectivity index (χ2v) is 4.23.